The number of halogens is 1. The number of para-hydroxylation sites is 2. The van der Waals surface area contributed by atoms with Gasteiger partial charge in [0.2, 0.25) is 29.0 Å². The van der Waals surface area contributed by atoms with Crippen molar-refractivity contribution in [1.29, 1.82) is 0 Å². The van der Waals surface area contributed by atoms with Gasteiger partial charge in [-0.2, -0.15) is 0 Å². The Labute approximate surface area is 208 Å². The minimum atomic E-state index is -2.10. The zero-order valence-corrected chi connectivity index (χ0v) is 20.0. The molecule has 3 atom stereocenters. The van der Waals surface area contributed by atoms with Crippen molar-refractivity contribution in [2.75, 3.05) is 12.0 Å². The molecule has 0 saturated carbocycles. The molecule has 0 bridgehead atoms. The van der Waals surface area contributed by atoms with Gasteiger partial charge in [-0.05, 0) is 29.8 Å². The molecule has 0 radical (unpaired) electrons. The van der Waals surface area contributed by atoms with Crippen LogP contribution >= 0.6 is 15.9 Å². The summed E-state index contributed by atoms with van der Waals surface area (Å²) in [5.74, 6) is -4.40. The molecule has 2 heterocycles. The lowest BCUT2D eigenvalue weighted by molar-refractivity contribution is -0.127. The Morgan fingerprint density at radius 3 is 2.06 bits per heavy atom. The molecule has 3 aliphatic rings. The monoisotopic (exact) mass is 531 g/mol. The lowest BCUT2D eigenvalue weighted by Gasteiger charge is -2.27. The van der Waals surface area contributed by atoms with Gasteiger partial charge in [0.15, 0.2) is 0 Å². The first-order valence-electron chi connectivity index (χ1n) is 11.0. The van der Waals surface area contributed by atoms with Crippen molar-refractivity contribution < 1.29 is 28.7 Å². The number of imide groups is 1. The summed E-state index contributed by atoms with van der Waals surface area (Å²) < 4.78 is 12.5. The Bertz CT molecular complexity index is 1400. The minimum Gasteiger partial charge on any atom is -0.495 e. The highest BCUT2D eigenvalue weighted by atomic mass is 79.9. The Hall–Kier alpha value is -3.62. The summed E-state index contributed by atoms with van der Waals surface area (Å²) in [4.78, 5) is 56.4. The molecule has 6 rings (SSSR count). The third kappa shape index (κ3) is 2.81. The van der Waals surface area contributed by atoms with Gasteiger partial charge >= 0.3 is 0 Å². The van der Waals surface area contributed by atoms with Gasteiger partial charge in [0.1, 0.15) is 5.75 Å². The summed E-state index contributed by atoms with van der Waals surface area (Å²) >= 11 is 3.39. The van der Waals surface area contributed by atoms with Crippen molar-refractivity contribution in [3.05, 3.63) is 94.0 Å². The second-order valence-electron chi connectivity index (χ2n) is 8.72. The predicted octanol–water partition coefficient (Wildman–Crippen LogP) is 4.15. The molecular formula is C27H18BrNO6. The van der Waals surface area contributed by atoms with Crippen LogP contribution < -0.4 is 9.64 Å². The van der Waals surface area contributed by atoms with E-state index in [9.17, 15) is 19.2 Å². The van der Waals surface area contributed by atoms with Gasteiger partial charge < -0.3 is 9.47 Å². The number of carbonyl (C=O) groups is 4. The van der Waals surface area contributed by atoms with Crippen molar-refractivity contribution >= 4 is 45.0 Å². The fourth-order valence-corrected chi connectivity index (χ4v) is 5.79. The first kappa shape index (κ1) is 21.9. The Kier molecular flexibility index (Phi) is 4.81. The summed E-state index contributed by atoms with van der Waals surface area (Å²) in [6, 6.07) is 20.2. The predicted molar refractivity (Wildman–Crippen MR) is 128 cm³/mol. The van der Waals surface area contributed by atoms with Crippen molar-refractivity contribution in [2.45, 2.75) is 11.7 Å². The van der Waals surface area contributed by atoms with E-state index in [-0.39, 0.29) is 16.8 Å². The molecular weight excluding hydrogens is 514 g/mol. The van der Waals surface area contributed by atoms with E-state index < -0.39 is 46.9 Å². The lowest BCUT2D eigenvalue weighted by atomic mass is 9.77. The quantitative estimate of drug-likeness (QED) is 0.372. The number of nitrogens with zero attached hydrogens (tertiary/aromatic N) is 1. The lowest BCUT2D eigenvalue weighted by Crippen LogP contribution is -2.51. The SMILES string of the molecule is COc1ccccc1N1C(=O)[C@H]2[C@@H](c3ccc(Br)cc3)OC3(C(=O)c4ccccc4C3=O)[C@H]2C1=O. The molecule has 1 spiro atoms. The summed E-state index contributed by atoms with van der Waals surface area (Å²) in [5, 5.41) is 0. The standard InChI is InChI=1S/C27H18BrNO6/c1-34-19-9-5-4-8-18(19)29-25(32)20-21(26(29)33)27(35-22(20)14-10-12-15(28)13-11-14)23(30)16-6-2-3-7-17(16)24(27)31/h2-13,20-22H,1H3/t20-,21-,22-/m1/s1. The van der Waals surface area contributed by atoms with Crippen molar-refractivity contribution in [3.63, 3.8) is 0 Å². The van der Waals surface area contributed by atoms with Crippen LogP contribution in [0.5, 0.6) is 5.75 Å². The summed E-state index contributed by atoms with van der Waals surface area (Å²) in [6.45, 7) is 0. The second-order valence-corrected chi connectivity index (χ2v) is 9.63. The van der Waals surface area contributed by atoms with Crippen LogP contribution in [0.3, 0.4) is 0 Å². The van der Waals surface area contributed by atoms with Crippen LogP contribution in [0, 0.1) is 11.8 Å². The summed E-state index contributed by atoms with van der Waals surface area (Å²) in [7, 11) is 1.45. The number of hydrogen-bond donors (Lipinski definition) is 0. The van der Waals surface area contributed by atoms with Gasteiger partial charge in [0.25, 0.3) is 0 Å². The molecule has 0 aromatic heterocycles. The van der Waals surface area contributed by atoms with E-state index in [2.05, 4.69) is 15.9 Å². The van der Waals surface area contributed by atoms with E-state index in [1.54, 1.807) is 72.8 Å². The average Bonchev–Trinajstić information content (AvgIpc) is 3.44. The molecule has 8 heteroatoms. The van der Waals surface area contributed by atoms with E-state index in [4.69, 9.17) is 9.47 Å². The van der Waals surface area contributed by atoms with Crippen molar-refractivity contribution in [2.24, 2.45) is 11.8 Å². The van der Waals surface area contributed by atoms with Crippen LogP contribution in [0.25, 0.3) is 0 Å². The van der Waals surface area contributed by atoms with Gasteiger partial charge in [0, 0.05) is 15.6 Å². The number of fused-ring (bicyclic) bond motifs is 3. The van der Waals surface area contributed by atoms with Crippen molar-refractivity contribution in [1.82, 2.24) is 0 Å². The van der Waals surface area contributed by atoms with E-state index in [0.29, 0.717) is 11.3 Å². The third-order valence-electron chi connectivity index (χ3n) is 7.04. The number of Topliss-reactive ketones (excluding diaryl/α,β-unsaturated/α-hetero) is 2. The van der Waals surface area contributed by atoms with Gasteiger partial charge in [-0.15, -0.1) is 0 Å². The molecule has 2 aliphatic heterocycles. The zero-order valence-electron chi connectivity index (χ0n) is 18.4. The Morgan fingerprint density at radius 1 is 0.829 bits per heavy atom. The number of hydrogen-bond acceptors (Lipinski definition) is 6. The van der Waals surface area contributed by atoms with Crippen LogP contribution in [-0.2, 0) is 14.3 Å². The number of carbonyl (C=O) groups excluding carboxylic acids is 4. The molecule has 0 N–H and O–H groups in total. The highest BCUT2D eigenvalue weighted by Gasteiger charge is 2.74. The van der Waals surface area contributed by atoms with Crippen LogP contribution in [0.1, 0.15) is 32.4 Å². The molecule has 3 aromatic carbocycles. The molecule has 2 amide bonds. The third-order valence-corrected chi connectivity index (χ3v) is 7.57. The van der Waals surface area contributed by atoms with E-state index >= 15 is 0 Å². The number of amides is 2. The number of benzene rings is 3. The van der Waals surface area contributed by atoms with Crippen LogP contribution in [0.4, 0.5) is 5.69 Å². The fraction of sp³-hybridized carbons (Fsp3) is 0.185. The molecule has 2 fully saturated rings. The molecule has 7 nitrogen and oxygen atoms in total. The summed E-state index contributed by atoms with van der Waals surface area (Å²) in [5.41, 5.74) is -0.846. The van der Waals surface area contributed by atoms with Crippen LogP contribution in [-0.4, -0.2) is 36.1 Å². The van der Waals surface area contributed by atoms with Gasteiger partial charge in [-0.1, -0.05) is 64.5 Å². The molecule has 0 unspecified atom stereocenters. The molecule has 2 saturated heterocycles. The van der Waals surface area contributed by atoms with Crippen molar-refractivity contribution in [3.8, 4) is 5.75 Å². The first-order valence-corrected chi connectivity index (χ1v) is 11.8. The first-order chi connectivity index (χ1) is 16.9. The smallest absolute Gasteiger partial charge is 0.241 e. The number of ether oxygens (including phenoxy) is 2. The topological polar surface area (TPSA) is 90.0 Å². The number of rotatable bonds is 3. The maximum absolute atomic E-state index is 14.0. The Morgan fingerprint density at radius 2 is 1.43 bits per heavy atom. The number of anilines is 1. The highest BCUT2D eigenvalue weighted by molar-refractivity contribution is 9.10. The highest BCUT2D eigenvalue weighted by Crippen LogP contribution is 2.58. The largest absolute Gasteiger partial charge is 0.495 e. The zero-order chi connectivity index (χ0) is 24.5. The van der Waals surface area contributed by atoms with Gasteiger partial charge in [0.05, 0.1) is 30.7 Å². The normalized spacial score (nSPS) is 24.3. The average molecular weight is 532 g/mol. The van der Waals surface area contributed by atoms with Crippen LogP contribution in [0.2, 0.25) is 0 Å². The minimum absolute atomic E-state index is 0.198. The molecule has 3 aromatic rings. The molecule has 1 aliphatic carbocycles. The van der Waals surface area contributed by atoms with E-state index in [0.717, 1.165) is 9.37 Å². The van der Waals surface area contributed by atoms with E-state index in [1.165, 1.54) is 7.11 Å². The maximum atomic E-state index is 14.0. The molecule has 35 heavy (non-hydrogen) atoms. The Balaban J connectivity index is 1.55. The molecule has 174 valence electrons. The maximum Gasteiger partial charge on any atom is 0.241 e. The van der Waals surface area contributed by atoms with Crippen LogP contribution in [0.15, 0.2) is 77.3 Å². The van der Waals surface area contributed by atoms with Gasteiger partial charge in [-0.25, -0.2) is 4.90 Å². The summed E-state index contributed by atoms with van der Waals surface area (Å²) in [6.07, 6.45) is -0.966. The number of methoxy groups -OCH3 is 1. The number of ketones is 2. The fourth-order valence-electron chi connectivity index (χ4n) is 5.52. The second kappa shape index (κ2) is 7.69. The van der Waals surface area contributed by atoms with Gasteiger partial charge in [-0.3, -0.25) is 19.2 Å². The van der Waals surface area contributed by atoms with E-state index in [1.807, 2.05) is 0 Å².